The van der Waals surface area contributed by atoms with Crippen molar-refractivity contribution in [2.24, 2.45) is 7.05 Å². The summed E-state index contributed by atoms with van der Waals surface area (Å²) < 4.78 is 20.4. The summed E-state index contributed by atoms with van der Waals surface area (Å²) in [6.45, 7) is 5.20. The van der Waals surface area contributed by atoms with Gasteiger partial charge in [0.1, 0.15) is 11.9 Å². The molecule has 1 fully saturated rings. The summed E-state index contributed by atoms with van der Waals surface area (Å²) in [5.41, 5.74) is 5.87. The van der Waals surface area contributed by atoms with E-state index in [1.165, 1.54) is 0 Å². The molecule has 0 unspecified atom stereocenters. The summed E-state index contributed by atoms with van der Waals surface area (Å²) in [5, 5.41) is 4.32. The number of fused-ring (bicyclic) bond motifs is 1. The lowest BCUT2D eigenvalue weighted by Gasteiger charge is -2.26. The number of carbonyl (C=O) groups excluding carboxylic acids is 1. The molecule has 0 amide bonds. The van der Waals surface area contributed by atoms with Crippen molar-refractivity contribution >= 4 is 11.5 Å². The third-order valence-electron chi connectivity index (χ3n) is 6.24. The molecule has 34 heavy (non-hydrogen) atoms. The number of aromatic nitrogens is 5. The third-order valence-corrected chi connectivity index (χ3v) is 6.24. The van der Waals surface area contributed by atoms with Gasteiger partial charge < -0.3 is 14.2 Å². The predicted molar refractivity (Wildman–Crippen MR) is 125 cm³/mol. The van der Waals surface area contributed by atoms with E-state index < -0.39 is 11.6 Å². The molecule has 0 N–H and O–H groups in total. The van der Waals surface area contributed by atoms with Gasteiger partial charge in [-0.3, -0.25) is 9.08 Å². The molecule has 5 heterocycles. The van der Waals surface area contributed by atoms with Crippen LogP contribution in [0.5, 0.6) is 0 Å². The summed E-state index contributed by atoms with van der Waals surface area (Å²) in [4.78, 5) is 21.8. The Labute approximate surface area is 197 Å². The molecule has 0 radical (unpaired) electrons. The van der Waals surface area contributed by atoms with Gasteiger partial charge in [-0.15, -0.1) is 0 Å². The lowest BCUT2D eigenvalue weighted by Crippen LogP contribution is -2.30. The number of carbonyl (C=O) groups is 1. The second-order valence-corrected chi connectivity index (χ2v) is 8.51. The van der Waals surface area contributed by atoms with Crippen LogP contribution in [0.15, 0.2) is 43.0 Å². The van der Waals surface area contributed by atoms with Crippen LogP contribution in [0.25, 0.3) is 28.0 Å². The van der Waals surface area contributed by atoms with Gasteiger partial charge in [0.05, 0.1) is 42.0 Å². The number of nitrogens with zero attached hydrogens (tertiary/aromatic N) is 5. The fourth-order valence-electron chi connectivity index (χ4n) is 4.45. The summed E-state index contributed by atoms with van der Waals surface area (Å²) in [7, 11) is 3.57. The van der Waals surface area contributed by atoms with Gasteiger partial charge in [0, 0.05) is 44.5 Å². The Morgan fingerprint density at radius 2 is 2.12 bits per heavy atom. The topological polar surface area (TPSA) is 92.8 Å². The van der Waals surface area contributed by atoms with Gasteiger partial charge in [0.2, 0.25) is 0 Å². The molecule has 1 saturated heterocycles. The Hall–Kier alpha value is -3.56. The molecule has 0 aromatic carbocycles. The van der Waals surface area contributed by atoms with Crippen LogP contribution in [-0.2, 0) is 26.9 Å². The number of hydrogen-bond donors (Lipinski definition) is 0. The number of rotatable bonds is 6. The molecule has 4 aromatic rings. The molecular formula is C25H27N5O4. The Balaban J connectivity index is 1.72. The average Bonchev–Trinajstić information content (AvgIpc) is 3.57. The molecular weight excluding hydrogens is 434 g/mol. The van der Waals surface area contributed by atoms with Crippen molar-refractivity contribution in [3.8, 4) is 22.5 Å². The number of esters is 1. The molecule has 0 aliphatic carbocycles. The highest BCUT2D eigenvalue weighted by Gasteiger charge is 2.38. The molecule has 1 aliphatic heterocycles. The number of methoxy groups -OCH3 is 1. The van der Waals surface area contributed by atoms with Crippen LogP contribution in [-0.4, -0.2) is 57.0 Å². The van der Waals surface area contributed by atoms with Gasteiger partial charge in [-0.1, -0.05) is 0 Å². The van der Waals surface area contributed by atoms with E-state index in [9.17, 15) is 4.79 Å². The van der Waals surface area contributed by atoms with E-state index in [-0.39, 0.29) is 12.3 Å². The molecule has 0 bridgehead atoms. The SMILES string of the molecule is CCOC(=O)c1cc2c(-c3cc(C)cc([C@@]4(OC)CCOC4)n3)cc(-c3cnn(C)c3)n2cn1. The maximum Gasteiger partial charge on any atom is 0.357 e. The Kier molecular flexibility index (Phi) is 5.66. The maximum atomic E-state index is 12.4. The zero-order chi connectivity index (χ0) is 23.9. The van der Waals surface area contributed by atoms with E-state index in [1.54, 1.807) is 37.3 Å². The van der Waals surface area contributed by atoms with E-state index >= 15 is 0 Å². The van der Waals surface area contributed by atoms with Crippen molar-refractivity contribution in [1.29, 1.82) is 0 Å². The molecule has 5 rings (SSSR count). The van der Waals surface area contributed by atoms with Crippen molar-refractivity contribution in [2.75, 3.05) is 26.9 Å². The van der Waals surface area contributed by atoms with E-state index in [0.29, 0.717) is 13.2 Å². The first-order valence-corrected chi connectivity index (χ1v) is 11.2. The number of aryl methyl sites for hydroxylation is 2. The van der Waals surface area contributed by atoms with Gasteiger partial charge >= 0.3 is 5.97 Å². The van der Waals surface area contributed by atoms with E-state index in [1.807, 2.05) is 36.7 Å². The predicted octanol–water partition coefficient (Wildman–Crippen LogP) is 3.54. The normalized spacial score (nSPS) is 18.0. The summed E-state index contributed by atoms with van der Waals surface area (Å²) in [6, 6.07) is 7.89. The van der Waals surface area contributed by atoms with E-state index in [0.717, 1.165) is 45.7 Å². The van der Waals surface area contributed by atoms with Crippen LogP contribution < -0.4 is 0 Å². The molecule has 9 nitrogen and oxygen atoms in total. The number of pyridine rings is 1. The smallest absolute Gasteiger partial charge is 0.357 e. The average molecular weight is 462 g/mol. The highest BCUT2D eigenvalue weighted by Crippen LogP contribution is 2.37. The summed E-state index contributed by atoms with van der Waals surface area (Å²) in [6.07, 6.45) is 6.13. The lowest BCUT2D eigenvalue weighted by atomic mass is 9.95. The van der Waals surface area contributed by atoms with Crippen LogP contribution in [0.3, 0.4) is 0 Å². The highest BCUT2D eigenvalue weighted by molar-refractivity contribution is 5.92. The van der Waals surface area contributed by atoms with Crippen molar-refractivity contribution in [3.05, 3.63) is 59.9 Å². The van der Waals surface area contributed by atoms with Gasteiger partial charge in [-0.25, -0.2) is 14.8 Å². The van der Waals surface area contributed by atoms with Gasteiger partial charge in [0.15, 0.2) is 5.69 Å². The highest BCUT2D eigenvalue weighted by atomic mass is 16.5. The van der Waals surface area contributed by atoms with Crippen LogP contribution in [0.1, 0.15) is 35.1 Å². The largest absolute Gasteiger partial charge is 0.461 e. The zero-order valence-corrected chi connectivity index (χ0v) is 19.7. The van der Waals surface area contributed by atoms with Crippen molar-refractivity contribution < 1.29 is 19.0 Å². The van der Waals surface area contributed by atoms with Crippen molar-refractivity contribution in [1.82, 2.24) is 24.1 Å². The first kappa shape index (κ1) is 22.2. The second kappa shape index (κ2) is 8.66. The minimum absolute atomic E-state index is 0.247. The van der Waals surface area contributed by atoms with E-state index in [2.05, 4.69) is 16.1 Å². The molecule has 1 atom stereocenters. The number of ether oxygens (including phenoxy) is 3. The van der Waals surface area contributed by atoms with Gasteiger partial charge in [0.25, 0.3) is 0 Å². The van der Waals surface area contributed by atoms with Gasteiger partial charge in [-0.05, 0) is 43.7 Å². The van der Waals surface area contributed by atoms with Crippen molar-refractivity contribution in [2.45, 2.75) is 25.9 Å². The van der Waals surface area contributed by atoms with Crippen LogP contribution in [0, 0.1) is 6.92 Å². The second-order valence-electron chi connectivity index (χ2n) is 8.51. The molecule has 4 aromatic heterocycles. The molecule has 0 spiro atoms. The fraction of sp³-hybridized carbons (Fsp3) is 0.360. The summed E-state index contributed by atoms with van der Waals surface area (Å²) in [5.74, 6) is -0.459. The monoisotopic (exact) mass is 461 g/mol. The quantitative estimate of drug-likeness (QED) is 0.406. The van der Waals surface area contributed by atoms with Crippen LogP contribution >= 0.6 is 0 Å². The maximum absolute atomic E-state index is 12.4. The minimum Gasteiger partial charge on any atom is -0.461 e. The van der Waals surface area contributed by atoms with Crippen LogP contribution in [0.4, 0.5) is 0 Å². The molecule has 9 heteroatoms. The Morgan fingerprint density at radius 3 is 2.79 bits per heavy atom. The first-order valence-electron chi connectivity index (χ1n) is 11.2. The molecule has 1 aliphatic rings. The summed E-state index contributed by atoms with van der Waals surface area (Å²) >= 11 is 0. The Bertz CT molecular complexity index is 1370. The molecule has 0 saturated carbocycles. The lowest BCUT2D eigenvalue weighted by molar-refractivity contribution is -0.0245. The van der Waals surface area contributed by atoms with Crippen LogP contribution in [0.2, 0.25) is 0 Å². The number of hydrogen-bond acceptors (Lipinski definition) is 7. The zero-order valence-electron chi connectivity index (χ0n) is 19.7. The minimum atomic E-state index is -0.569. The van der Waals surface area contributed by atoms with Crippen molar-refractivity contribution in [3.63, 3.8) is 0 Å². The van der Waals surface area contributed by atoms with Gasteiger partial charge in [-0.2, -0.15) is 5.10 Å². The molecule has 176 valence electrons. The Morgan fingerprint density at radius 1 is 1.26 bits per heavy atom. The van der Waals surface area contributed by atoms with E-state index in [4.69, 9.17) is 19.2 Å². The standard InChI is InChI=1S/C25H27N5O4/c1-5-34-24(31)20-11-22-18(10-21(30(22)15-26-20)17-12-27-29(3)13-17)19-8-16(2)9-23(28-19)25(32-4)6-7-33-14-25/h8-13,15H,5-7,14H2,1-4H3/t25-/m1/s1. The first-order chi connectivity index (χ1) is 16.4. The third kappa shape index (κ3) is 3.76. The fourth-order valence-corrected chi connectivity index (χ4v) is 4.45.